The number of anilines is 1. The van der Waals surface area contributed by atoms with Gasteiger partial charge >= 0.3 is 0 Å². The second kappa shape index (κ2) is 9.18. The number of amides is 2. The van der Waals surface area contributed by atoms with E-state index >= 15 is 0 Å². The van der Waals surface area contributed by atoms with Crippen molar-refractivity contribution in [1.82, 2.24) is 4.90 Å². The Kier molecular flexibility index (Phi) is 6.96. The maximum Gasteiger partial charge on any atom is 0.258 e. The molecule has 2 aromatic carbocycles. The smallest absolute Gasteiger partial charge is 0.258 e. The Labute approximate surface area is 156 Å². The van der Waals surface area contributed by atoms with Gasteiger partial charge in [-0.05, 0) is 37.6 Å². The Morgan fingerprint density at radius 3 is 2.00 bits per heavy atom. The maximum absolute atomic E-state index is 13.0. The van der Waals surface area contributed by atoms with Crippen LogP contribution in [-0.4, -0.2) is 36.9 Å². The van der Waals surface area contributed by atoms with Crippen LogP contribution >= 0.6 is 0 Å². The van der Waals surface area contributed by atoms with Crippen LogP contribution in [0.2, 0.25) is 0 Å². The lowest BCUT2D eigenvalue weighted by molar-refractivity contribution is 0.0730. The molecule has 0 aromatic heterocycles. The molecule has 0 spiro atoms. The summed E-state index contributed by atoms with van der Waals surface area (Å²) in [6.07, 6.45) is 3.14. The first-order valence-electron chi connectivity index (χ1n) is 9.16. The molecule has 4 heteroatoms. The highest BCUT2D eigenvalue weighted by Crippen LogP contribution is 2.19. The minimum absolute atomic E-state index is 0.112. The Bertz CT molecular complexity index is 743. The molecule has 26 heavy (non-hydrogen) atoms. The maximum atomic E-state index is 13.0. The van der Waals surface area contributed by atoms with E-state index in [0.717, 1.165) is 24.9 Å². The van der Waals surface area contributed by atoms with Crippen LogP contribution in [0.5, 0.6) is 0 Å². The van der Waals surface area contributed by atoms with E-state index in [1.807, 2.05) is 44.3 Å². The van der Waals surface area contributed by atoms with Gasteiger partial charge < -0.3 is 9.80 Å². The van der Waals surface area contributed by atoms with E-state index in [1.54, 1.807) is 41.1 Å². The fourth-order valence-electron chi connectivity index (χ4n) is 2.89. The van der Waals surface area contributed by atoms with Gasteiger partial charge in [-0.2, -0.15) is 0 Å². The summed E-state index contributed by atoms with van der Waals surface area (Å²) in [4.78, 5) is 29.3. The Morgan fingerprint density at radius 1 is 0.885 bits per heavy atom. The molecule has 0 bridgehead atoms. The molecular weight excluding hydrogens is 324 g/mol. The van der Waals surface area contributed by atoms with E-state index in [9.17, 15) is 9.59 Å². The van der Waals surface area contributed by atoms with Crippen LogP contribution < -0.4 is 4.90 Å². The summed E-state index contributed by atoms with van der Waals surface area (Å²) in [6.45, 7) is 4.19. The lowest BCUT2D eigenvalue weighted by atomic mass is 10.0. The van der Waals surface area contributed by atoms with Crippen molar-refractivity contribution in [3.8, 4) is 0 Å². The summed E-state index contributed by atoms with van der Waals surface area (Å²) < 4.78 is 0. The topological polar surface area (TPSA) is 40.6 Å². The van der Waals surface area contributed by atoms with E-state index in [1.165, 1.54) is 0 Å². The van der Waals surface area contributed by atoms with Crippen molar-refractivity contribution >= 4 is 17.5 Å². The van der Waals surface area contributed by atoms with Crippen molar-refractivity contribution < 1.29 is 9.59 Å². The van der Waals surface area contributed by atoms with Crippen LogP contribution in [0.25, 0.3) is 0 Å². The molecule has 0 fully saturated rings. The van der Waals surface area contributed by atoms with Crippen LogP contribution in [0, 0.1) is 0 Å². The second-order valence-electron chi connectivity index (χ2n) is 6.65. The molecule has 0 aliphatic heterocycles. The third kappa shape index (κ3) is 4.51. The van der Waals surface area contributed by atoms with E-state index in [-0.39, 0.29) is 17.9 Å². The minimum atomic E-state index is -0.185. The zero-order valence-electron chi connectivity index (χ0n) is 16.1. The molecule has 138 valence electrons. The predicted molar refractivity (Wildman–Crippen MR) is 107 cm³/mol. The zero-order valence-corrected chi connectivity index (χ0v) is 16.1. The highest BCUT2D eigenvalue weighted by Gasteiger charge is 2.24. The number of carbonyl (C=O) groups excluding carboxylic acids is 2. The molecule has 0 N–H and O–H groups in total. The molecule has 0 saturated heterocycles. The minimum Gasteiger partial charge on any atom is -0.339 e. The molecule has 0 heterocycles. The lowest BCUT2D eigenvalue weighted by Gasteiger charge is -2.26. The average Bonchev–Trinajstić information content (AvgIpc) is 2.70. The van der Waals surface area contributed by atoms with Crippen molar-refractivity contribution in [3.63, 3.8) is 0 Å². The Hall–Kier alpha value is -2.62. The van der Waals surface area contributed by atoms with Crippen LogP contribution in [0.1, 0.15) is 53.8 Å². The first kappa shape index (κ1) is 19.7. The number of carbonyl (C=O) groups is 2. The first-order chi connectivity index (χ1) is 12.5. The standard InChI is InChI=1S/C22H28N2O2/c1-5-6-12-17(2)23(3)21(25)19-15-10-11-16-20(19)22(26)24(4)18-13-8-7-9-14-18/h7-11,13-17H,5-6,12H2,1-4H3. The second-order valence-corrected chi connectivity index (χ2v) is 6.65. The van der Waals surface area contributed by atoms with Gasteiger partial charge in [0.05, 0.1) is 11.1 Å². The van der Waals surface area contributed by atoms with Gasteiger partial charge in [0.15, 0.2) is 0 Å². The normalized spacial score (nSPS) is 11.7. The fraction of sp³-hybridized carbons (Fsp3) is 0.364. The van der Waals surface area contributed by atoms with E-state index in [2.05, 4.69) is 6.92 Å². The van der Waals surface area contributed by atoms with E-state index < -0.39 is 0 Å². The molecule has 0 aliphatic carbocycles. The summed E-state index contributed by atoms with van der Waals surface area (Å²) in [7, 11) is 3.54. The fourth-order valence-corrected chi connectivity index (χ4v) is 2.89. The number of benzene rings is 2. The molecule has 2 rings (SSSR count). The molecule has 0 aliphatic rings. The quantitative estimate of drug-likeness (QED) is 0.730. The first-order valence-corrected chi connectivity index (χ1v) is 9.16. The van der Waals surface area contributed by atoms with Gasteiger partial charge in [-0.3, -0.25) is 9.59 Å². The van der Waals surface area contributed by atoms with Crippen molar-refractivity contribution in [2.24, 2.45) is 0 Å². The Balaban J connectivity index is 2.27. The van der Waals surface area contributed by atoms with Crippen molar-refractivity contribution in [2.75, 3.05) is 19.0 Å². The molecular formula is C22H28N2O2. The molecule has 2 aromatic rings. The molecule has 1 unspecified atom stereocenters. The third-order valence-corrected chi connectivity index (χ3v) is 4.79. The van der Waals surface area contributed by atoms with E-state index in [4.69, 9.17) is 0 Å². The largest absolute Gasteiger partial charge is 0.339 e. The molecule has 4 nitrogen and oxygen atoms in total. The summed E-state index contributed by atoms with van der Waals surface area (Å²) >= 11 is 0. The molecule has 2 amide bonds. The van der Waals surface area contributed by atoms with Crippen molar-refractivity contribution in [1.29, 1.82) is 0 Å². The van der Waals surface area contributed by atoms with Gasteiger partial charge in [-0.15, -0.1) is 0 Å². The number of unbranched alkanes of at least 4 members (excludes halogenated alkanes) is 1. The molecule has 0 radical (unpaired) electrons. The summed E-state index contributed by atoms with van der Waals surface area (Å²) in [5.74, 6) is -0.297. The van der Waals surface area contributed by atoms with Gasteiger partial charge in [0.1, 0.15) is 0 Å². The van der Waals surface area contributed by atoms with Crippen LogP contribution in [-0.2, 0) is 0 Å². The zero-order chi connectivity index (χ0) is 19.1. The summed E-state index contributed by atoms with van der Waals surface area (Å²) in [5.41, 5.74) is 1.67. The number of rotatable bonds is 7. The van der Waals surface area contributed by atoms with Gasteiger partial charge in [0.2, 0.25) is 0 Å². The third-order valence-electron chi connectivity index (χ3n) is 4.79. The number of hydrogen-bond donors (Lipinski definition) is 0. The monoisotopic (exact) mass is 352 g/mol. The molecule has 0 saturated carbocycles. The average molecular weight is 352 g/mol. The van der Waals surface area contributed by atoms with Crippen LogP contribution in [0.3, 0.4) is 0 Å². The number of nitrogens with zero attached hydrogens (tertiary/aromatic N) is 2. The predicted octanol–water partition coefficient (Wildman–Crippen LogP) is 4.61. The lowest BCUT2D eigenvalue weighted by Crippen LogP contribution is -2.37. The van der Waals surface area contributed by atoms with Gasteiger partial charge in [0.25, 0.3) is 11.8 Å². The summed E-state index contributed by atoms with van der Waals surface area (Å²) in [6, 6.07) is 16.6. The van der Waals surface area contributed by atoms with Crippen LogP contribution in [0.4, 0.5) is 5.69 Å². The van der Waals surface area contributed by atoms with Gasteiger partial charge in [-0.25, -0.2) is 0 Å². The van der Waals surface area contributed by atoms with Crippen molar-refractivity contribution in [3.05, 3.63) is 65.7 Å². The van der Waals surface area contributed by atoms with E-state index in [0.29, 0.717) is 11.1 Å². The van der Waals surface area contributed by atoms with Crippen LogP contribution in [0.15, 0.2) is 54.6 Å². The summed E-state index contributed by atoms with van der Waals surface area (Å²) in [5, 5.41) is 0. The Morgan fingerprint density at radius 2 is 1.42 bits per heavy atom. The molecule has 1 atom stereocenters. The SMILES string of the molecule is CCCCC(C)N(C)C(=O)c1ccccc1C(=O)N(C)c1ccccc1. The van der Waals surface area contributed by atoms with Gasteiger partial charge in [-0.1, -0.05) is 50.1 Å². The number of hydrogen-bond acceptors (Lipinski definition) is 2. The highest BCUT2D eigenvalue weighted by molar-refractivity contribution is 6.13. The highest BCUT2D eigenvalue weighted by atomic mass is 16.2. The van der Waals surface area contributed by atoms with Gasteiger partial charge in [0, 0.05) is 25.8 Å². The van der Waals surface area contributed by atoms with Crippen molar-refractivity contribution in [2.45, 2.75) is 39.2 Å². The number of para-hydroxylation sites is 1.